The summed E-state index contributed by atoms with van der Waals surface area (Å²) in [6.45, 7) is 8.41. The maximum atomic E-state index is 7.09. The van der Waals surface area contributed by atoms with E-state index in [9.17, 15) is 0 Å². The standard InChI is InChI=1S/C33H34ClN3O/c1-6-37(7-2)28-19-15-26(16-20-28)33(25-13-17-27(34)18-14-25)29-21-23(3)31(36(4)5)22-30(29)35-32(38-33)24-11-9-8-10-12-24/h8-22H,6-7H2,1-5H3. The van der Waals surface area contributed by atoms with E-state index in [1.807, 2.05) is 42.5 Å². The minimum absolute atomic E-state index is 0.592. The van der Waals surface area contributed by atoms with Crippen LogP contribution in [0.3, 0.4) is 0 Å². The number of nitrogens with zero attached hydrogens (tertiary/aromatic N) is 3. The van der Waals surface area contributed by atoms with Crippen LogP contribution in [0.25, 0.3) is 0 Å². The van der Waals surface area contributed by atoms with Crippen LogP contribution < -0.4 is 9.80 Å². The summed E-state index contributed by atoms with van der Waals surface area (Å²) in [6, 6.07) is 31.3. The molecule has 0 bridgehead atoms. The molecule has 4 aromatic carbocycles. The number of hydrogen-bond acceptors (Lipinski definition) is 4. The van der Waals surface area contributed by atoms with Crippen LogP contribution in [0.4, 0.5) is 17.1 Å². The van der Waals surface area contributed by atoms with Gasteiger partial charge in [0.15, 0.2) is 5.60 Å². The Hall–Kier alpha value is -3.76. The Morgan fingerprint density at radius 2 is 1.42 bits per heavy atom. The lowest BCUT2D eigenvalue weighted by molar-refractivity contribution is 0.137. The lowest BCUT2D eigenvalue weighted by atomic mass is 9.77. The Labute approximate surface area is 231 Å². The fourth-order valence-corrected chi connectivity index (χ4v) is 5.48. The number of benzene rings is 4. The van der Waals surface area contributed by atoms with Gasteiger partial charge in [0.05, 0.1) is 5.69 Å². The van der Waals surface area contributed by atoms with Crippen molar-refractivity contribution in [3.8, 4) is 0 Å². The van der Waals surface area contributed by atoms with Crippen molar-refractivity contribution in [2.45, 2.75) is 26.4 Å². The second-order valence-corrected chi connectivity index (χ2v) is 10.3. The third-order valence-electron chi connectivity index (χ3n) is 7.32. The van der Waals surface area contributed by atoms with Crippen molar-refractivity contribution in [1.82, 2.24) is 0 Å². The first-order chi connectivity index (χ1) is 18.4. The van der Waals surface area contributed by atoms with Gasteiger partial charge in [-0.2, -0.15) is 0 Å². The Kier molecular flexibility index (Phi) is 7.18. The van der Waals surface area contributed by atoms with Crippen LogP contribution in [0, 0.1) is 6.92 Å². The largest absolute Gasteiger partial charge is 0.456 e. The van der Waals surface area contributed by atoms with Crippen LogP contribution in [-0.4, -0.2) is 33.1 Å². The van der Waals surface area contributed by atoms with Crippen molar-refractivity contribution < 1.29 is 4.74 Å². The van der Waals surface area contributed by atoms with E-state index in [4.69, 9.17) is 21.3 Å². The summed E-state index contributed by atoms with van der Waals surface area (Å²) in [7, 11) is 4.13. The van der Waals surface area contributed by atoms with E-state index in [0.29, 0.717) is 10.9 Å². The number of anilines is 2. The van der Waals surface area contributed by atoms with Gasteiger partial charge in [-0.1, -0.05) is 54.1 Å². The average Bonchev–Trinajstić information content (AvgIpc) is 2.94. The molecule has 1 aliphatic rings. The van der Waals surface area contributed by atoms with Crippen LogP contribution in [0.5, 0.6) is 0 Å². The lowest BCUT2D eigenvalue weighted by Crippen LogP contribution is -2.38. The van der Waals surface area contributed by atoms with Gasteiger partial charge in [-0.05, 0) is 74.9 Å². The minimum atomic E-state index is -0.912. The predicted molar refractivity (Wildman–Crippen MR) is 161 cm³/mol. The maximum absolute atomic E-state index is 7.09. The van der Waals surface area contributed by atoms with Crippen molar-refractivity contribution >= 4 is 34.6 Å². The van der Waals surface area contributed by atoms with Crippen LogP contribution in [-0.2, 0) is 10.3 Å². The molecule has 1 atom stereocenters. The Bertz CT molecular complexity index is 1440. The van der Waals surface area contributed by atoms with Gasteiger partial charge in [-0.3, -0.25) is 0 Å². The van der Waals surface area contributed by atoms with Crippen LogP contribution >= 0.6 is 11.6 Å². The van der Waals surface area contributed by atoms with Gasteiger partial charge < -0.3 is 14.5 Å². The van der Waals surface area contributed by atoms with Gasteiger partial charge in [0, 0.05) is 65.8 Å². The number of aryl methyl sites for hydroxylation is 1. The number of fused-ring (bicyclic) bond motifs is 1. The molecule has 0 saturated heterocycles. The second-order valence-electron chi connectivity index (χ2n) is 9.84. The molecule has 1 aliphatic heterocycles. The van der Waals surface area contributed by atoms with Crippen LogP contribution in [0.1, 0.15) is 41.7 Å². The first-order valence-corrected chi connectivity index (χ1v) is 13.5. The highest BCUT2D eigenvalue weighted by Gasteiger charge is 2.45. The molecule has 5 rings (SSSR count). The molecule has 0 aromatic heterocycles. The summed E-state index contributed by atoms with van der Waals surface area (Å²) in [6.07, 6.45) is 0. The minimum Gasteiger partial charge on any atom is -0.456 e. The molecule has 5 heteroatoms. The number of ether oxygens (including phenoxy) is 1. The smallest absolute Gasteiger partial charge is 0.222 e. The molecule has 194 valence electrons. The monoisotopic (exact) mass is 523 g/mol. The van der Waals surface area contributed by atoms with Crippen molar-refractivity contribution in [3.63, 3.8) is 0 Å². The zero-order valence-corrected chi connectivity index (χ0v) is 23.5. The van der Waals surface area contributed by atoms with Crippen LogP contribution in [0.2, 0.25) is 5.02 Å². The van der Waals surface area contributed by atoms with E-state index < -0.39 is 5.60 Å². The molecule has 4 nitrogen and oxygen atoms in total. The first-order valence-electron chi connectivity index (χ1n) is 13.1. The van der Waals surface area contributed by atoms with E-state index in [1.165, 1.54) is 5.69 Å². The molecular weight excluding hydrogens is 490 g/mol. The van der Waals surface area contributed by atoms with Gasteiger partial charge in [-0.15, -0.1) is 0 Å². The molecule has 1 unspecified atom stereocenters. The highest BCUT2D eigenvalue weighted by Crippen LogP contribution is 2.50. The van der Waals surface area contributed by atoms with Crippen LogP contribution in [0.15, 0.2) is 96.0 Å². The highest BCUT2D eigenvalue weighted by atomic mass is 35.5. The van der Waals surface area contributed by atoms with E-state index >= 15 is 0 Å². The summed E-state index contributed by atoms with van der Waals surface area (Å²) >= 11 is 6.36. The normalized spacial score (nSPS) is 16.3. The predicted octanol–water partition coefficient (Wildman–Crippen LogP) is 7.96. The molecule has 4 aromatic rings. The molecule has 0 radical (unpaired) electrons. The summed E-state index contributed by atoms with van der Waals surface area (Å²) < 4.78 is 7.09. The summed E-state index contributed by atoms with van der Waals surface area (Å²) in [5.41, 5.74) is 7.45. The maximum Gasteiger partial charge on any atom is 0.222 e. The molecule has 0 fully saturated rings. The average molecular weight is 524 g/mol. The van der Waals surface area contributed by atoms with E-state index in [2.05, 4.69) is 93.2 Å². The van der Waals surface area contributed by atoms with E-state index in [1.54, 1.807) is 0 Å². The topological polar surface area (TPSA) is 28.1 Å². The van der Waals surface area contributed by atoms with Gasteiger partial charge in [0.2, 0.25) is 5.90 Å². The molecule has 0 aliphatic carbocycles. The fourth-order valence-electron chi connectivity index (χ4n) is 5.35. The quantitative estimate of drug-likeness (QED) is 0.246. The van der Waals surface area contributed by atoms with Gasteiger partial charge in [-0.25, -0.2) is 4.99 Å². The molecule has 1 heterocycles. The highest BCUT2D eigenvalue weighted by molar-refractivity contribution is 6.30. The number of rotatable bonds is 7. The van der Waals surface area contributed by atoms with Crippen molar-refractivity contribution in [2.75, 3.05) is 37.0 Å². The Morgan fingerprint density at radius 3 is 2.00 bits per heavy atom. The van der Waals surface area contributed by atoms with Crippen molar-refractivity contribution in [1.29, 1.82) is 0 Å². The number of hydrogen-bond donors (Lipinski definition) is 0. The zero-order chi connectivity index (χ0) is 26.9. The molecular formula is C33H34ClN3O. The lowest BCUT2D eigenvalue weighted by Gasteiger charge is -2.40. The number of halogens is 1. The third kappa shape index (κ3) is 4.54. The molecule has 0 amide bonds. The van der Waals surface area contributed by atoms with E-state index in [-0.39, 0.29) is 0 Å². The molecule has 38 heavy (non-hydrogen) atoms. The molecule has 0 N–H and O–H groups in total. The third-order valence-corrected chi connectivity index (χ3v) is 7.57. The fraction of sp³-hybridized carbons (Fsp3) is 0.242. The first kappa shape index (κ1) is 25.9. The zero-order valence-electron chi connectivity index (χ0n) is 22.7. The van der Waals surface area contributed by atoms with Gasteiger partial charge in [0.1, 0.15) is 0 Å². The second kappa shape index (κ2) is 10.5. The Balaban J connectivity index is 1.81. The van der Waals surface area contributed by atoms with E-state index in [0.717, 1.165) is 52.3 Å². The van der Waals surface area contributed by atoms with Crippen molar-refractivity contribution in [3.05, 3.63) is 124 Å². The summed E-state index contributed by atoms with van der Waals surface area (Å²) in [5.74, 6) is 0.592. The molecule has 0 spiro atoms. The van der Waals surface area contributed by atoms with Crippen molar-refractivity contribution in [2.24, 2.45) is 4.99 Å². The number of aliphatic imine (C=N–C) groups is 1. The van der Waals surface area contributed by atoms with Gasteiger partial charge in [0.25, 0.3) is 0 Å². The van der Waals surface area contributed by atoms with Gasteiger partial charge >= 0.3 is 0 Å². The summed E-state index contributed by atoms with van der Waals surface area (Å²) in [5, 5.41) is 0.688. The summed E-state index contributed by atoms with van der Waals surface area (Å²) in [4.78, 5) is 9.55. The molecule has 0 saturated carbocycles. The Morgan fingerprint density at radius 1 is 0.816 bits per heavy atom. The SMILES string of the molecule is CCN(CC)c1ccc(C2(c3ccc(Cl)cc3)OC(c3ccccc3)=Nc3cc(N(C)C)c(C)cc32)cc1.